The summed E-state index contributed by atoms with van der Waals surface area (Å²) in [6.45, 7) is 2.56. The summed E-state index contributed by atoms with van der Waals surface area (Å²) in [5, 5.41) is 0. The summed E-state index contributed by atoms with van der Waals surface area (Å²) < 4.78 is 24.6. The van der Waals surface area contributed by atoms with Crippen LogP contribution in [0.5, 0.6) is 11.5 Å². The van der Waals surface area contributed by atoms with Gasteiger partial charge >= 0.3 is 0 Å². The van der Waals surface area contributed by atoms with E-state index in [0.29, 0.717) is 30.3 Å². The van der Waals surface area contributed by atoms with Gasteiger partial charge in [0.05, 0.1) is 0 Å². The molecule has 1 fully saturated rings. The average molecular weight is 237 g/mol. The topological polar surface area (TPSA) is 44.5 Å². The zero-order valence-corrected chi connectivity index (χ0v) is 9.83. The highest BCUT2D eigenvalue weighted by Gasteiger charge is 2.44. The van der Waals surface area contributed by atoms with Gasteiger partial charge in [-0.25, -0.2) is 4.39 Å². The van der Waals surface area contributed by atoms with Crippen molar-refractivity contribution in [2.75, 3.05) is 13.2 Å². The number of fused-ring (bicyclic) bond motifs is 1. The Morgan fingerprint density at radius 3 is 2.65 bits per heavy atom. The van der Waals surface area contributed by atoms with Gasteiger partial charge < -0.3 is 15.2 Å². The van der Waals surface area contributed by atoms with E-state index in [1.807, 2.05) is 6.07 Å². The van der Waals surface area contributed by atoms with Crippen molar-refractivity contribution in [2.24, 2.45) is 5.73 Å². The summed E-state index contributed by atoms with van der Waals surface area (Å²) in [6.07, 6.45) is 0.826. The molecule has 0 aromatic heterocycles. The third kappa shape index (κ3) is 1.76. The van der Waals surface area contributed by atoms with E-state index in [0.717, 1.165) is 18.4 Å². The van der Waals surface area contributed by atoms with Crippen LogP contribution >= 0.6 is 0 Å². The Hall–Kier alpha value is -1.29. The normalized spacial score (nSPS) is 22.1. The summed E-state index contributed by atoms with van der Waals surface area (Å²) in [4.78, 5) is 0. The third-order valence-electron chi connectivity index (χ3n) is 3.45. The van der Waals surface area contributed by atoms with Crippen molar-refractivity contribution in [3.05, 3.63) is 23.3 Å². The Labute approximate surface area is 99.7 Å². The number of benzene rings is 1. The number of rotatable bonds is 2. The van der Waals surface area contributed by atoms with Gasteiger partial charge in [0.15, 0.2) is 11.5 Å². The van der Waals surface area contributed by atoms with Crippen LogP contribution in [0.1, 0.15) is 37.1 Å². The first-order valence-corrected chi connectivity index (χ1v) is 5.97. The van der Waals surface area contributed by atoms with Crippen LogP contribution in [0.4, 0.5) is 4.39 Å². The minimum Gasteiger partial charge on any atom is -0.486 e. The van der Waals surface area contributed by atoms with Crippen LogP contribution in [0.2, 0.25) is 0 Å². The Bertz CT molecular complexity index is 455. The number of halogens is 1. The first-order chi connectivity index (χ1) is 8.10. The van der Waals surface area contributed by atoms with Crippen molar-refractivity contribution in [2.45, 2.75) is 31.5 Å². The van der Waals surface area contributed by atoms with E-state index >= 15 is 0 Å². The number of hydrogen-bond donors (Lipinski definition) is 1. The van der Waals surface area contributed by atoms with Gasteiger partial charge in [-0.3, -0.25) is 0 Å². The molecule has 0 bridgehead atoms. The largest absolute Gasteiger partial charge is 0.486 e. The molecule has 1 heterocycles. The highest BCUT2D eigenvalue weighted by atomic mass is 19.1. The van der Waals surface area contributed by atoms with Crippen LogP contribution in [-0.4, -0.2) is 13.2 Å². The highest BCUT2D eigenvalue weighted by Crippen LogP contribution is 2.51. The molecular weight excluding hydrogens is 221 g/mol. The van der Waals surface area contributed by atoms with E-state index in [9.17, 15) is 4.39 Å². The SMILES string of the molecule is CC(F)c1cc2c(c(C3(N)CC3)c1)OCCO2. The molecule has 1 atom stereocenters. The van der Waals surface area contributed by atoms with Gasteiger partial charge in [0.1, 0.15) is 19.4 Å². The fraction of sp³-hybridized carbons (Fsp3) is 0.538. The van der Waals surface area contributed by atoms with Gasteiger partial charge in [-0.05, 0) is 37.5 Å². The Morgan fingerprint density at radius 1 is 1.29 bits per heavy atom. The molecular formula is C13H16FNO2. The van der Waals surface area contributed by atoms with Gasteiger partial charge in [-0.15, -0.1) is 0 Å². The zero-order valence-electron chi connectivity index (χ0n) is 9.83. The van der Waals surface area contributed by atoms with E-state index < -0.39 is 6.17 Å². The number of hydrogen-bond acceptors (Lipinski definition) is 3. The third-order valence-corrected chi connectivity index (χ3v) is 3.45. The molecule has 92 valence electrons. The fourth-order valence-corrected chi connectivity index (χ4v) is 2.18. The molecule has 1 aliphatic heterocycles. The van der Waals surface area contributed by atoms with E-state index in [4.69, 9.17) is 15.2 Å². The van der Waals surface area contributed by atoms with Crippen molar-refractivity contribution >= 4 is 0 Å². The van der Waals surface area contributed by atoms with Crippen LogP contribution in [0.15, 0.2) is 12.1 Å². The molecule has 1 aromatic carbocycles. The second kappa shape index (κ2) is 3.60. The molecule has 4 heteroatoms. The first-order valence-electron chi connectivity index (χ1n) is 5.97. The summed E-state index contributed by atoms with van der Waals surface area (Å²) >= 11 is 0. The van der Waals surface area contributed by atoms with Gasteiger partial charge in [-0.2, -0.15) is 0 Å². The maximum atomic E-state index is 13.5. The summed E-state index contributed by atoms with van der Waals surface area (Å²) in [6, 6.07) is 3.54. The molecule has 1 aliphatic carbocycles. The molecule has 17 heavy (non-hydrogen) atoms. The molecule has 0 amide bonds. The van der Waals surface area contributed by atoms with Crippen LogP contribution in [0.3, 0.4) is 0 Å². The van der Waals surface area contributed by atoms with E-state index in [2.05, 4.69) is 0 Å². The lowest BCUT2D eigenvalue weighted by Crippen LogP contribution is -2.24. The first kappa shape index (κ1) is 10.8. The van der Waals surface area contributed by atoms with Crippen LogP contribution in [0, 0.1) is 0 Å². The van der Waals surface area contributed by atoms with Gasteiger partial charge in [-0.1, -0.05) is 0 Å². The lowest BCUT2D eigenvalue weighted by atomic mass is 9.98. The number of nitrogens with two attached hydrogens (primary N) is 1. The Kier molecular flexibility index (Phi) is 2.30. The van der Waals surface area contributed by atoms with Crippen molar-refractivity contribution in [3.63, 3.8) is 0 Å². The molecule has 2 aliphatic rings. The predicted molar refractivity (Wildman–Crippen MR) is 62.1 cm³/mol. The summed E-state index contributed by atoms with van der Waals surface area (Å²) in [5.74, 6) is 1.34. The second-order valence-electron chi connectivity index (χ2n) is 4.86. The summed E-state index contributed by atoms with van der Waals surface area (Å²) in [5.41, 5.74) is 7.37. The second-order valence-corrected chi connectivity index (χ2v) is 4.86. The maximum Gasteiger partial charge on any atom is 0.166 e. The zero-order chi connectivity index (χ0) is 12.0. The number of alkyl halides is 1. The van der Waals surface area contributed by atoms with Crippen molar-refractivity contribution in [1.29, 1.82) is 0 Å². The standard InChI is InChI=1S/C13H16FNO2/c1-8(14)9-6-10(13(15)2-3-13)12-11(7-9)16-4-5-17-12/h6-8H,2-5,15H2,1H3. The lowest BCUT2D eigenvalue weighted by Gasteiger charge is -2.25. The predicted octanol–water partition coefficient (Wildman–Crippen LogP) is 2.44. The van der Waals surface area contributed by atoms with Gasteiger partial charge in [0, 0.05) is 11.1 Å². The Morgan fingerprint density at radius 2 is 2.00 bits per heavy atom. The average Bonchev–Trinajstić information content (AvgIpc) is 3.07. The molecule has 2 N–H and O–H groups in total. The molecule has 1 aromatic rings. The molecule has 3 nitrogen and oxygen atoms in total. The van der Waals surface area contributed by atoms with Crippen molar-refractivity contribution < 1.29 is 13.9 Å². The molecule has 1 unspecified atom stereocenters. The molecule has 0 radical (unpaired) electrons. The lowest BCUT2D eigenvalue weighted by molar-refractivity contribution is 0.168. The molecule has 3 rings (SSSR count). The minimum absolute atomic E-state index is 0.338. The highest BCUT2D eigenvalue weighted by molar-refractivity contribution is 5.55. The van der Waals surface area contributed by atoms with E-state index in [1.54, 1.807) is 6.07 Å². The van der Waals surface area contributed by atoms with E-state index in [-0.39, 0.29) is 5.54 Å². The summed E-state index contributed by atoms with van der Waals surface area (Å²) in [7, 11) is 0. The van der Waals surface area contributed by atoms with Crippen LogP contribution in [0.25, 0.3) is 0 Å². The minimum atomic E-state index is -1.02. The maximum absolute atomic E-state index is 13.5. The van der Waals surface area contributed by atoms with Crippen molar-refractivity contribution in [1.82, 2.24) is 0 Å². The van der Waals surface area contributed by atoms with Crippen molar-refractivity contribution in [3.8, 4) is 11.5 Å². The Balaban J connectivity index is 2.13. The molecule has 0 saturated heterocycles. The van der Waals surface area contributed by atoms with Crippen LogP contribution in [-0.2, 0) is 5.54 Å². The van der Waals surface area contributed by atoms with Gasteiger partial charge in [0.25, 0.3) is 0 Å². The smallest absolute Gasteiger partial charge is 0.166 e. The van der Waals surface area contributed by atoms with E-state index in [1.165, 1.54) is 6.92 Å². The van der Waals surface area contributed by atoms with Crippen LogP contribution < -0.4 is 15.2 Å². The number of ether oxygens (including phenoxy) is 2. The molecule has 0 spiro atoms. The fourth-order valence-electron chi connectivity index (χ4n) is 2.18. The quantitative estimate of drug-likeness (QED) is 0.859. The molecule has 1 saturated carbocycles. The van der Waals surface area contributed by atoms with Gasteiger partial charge in [0.2, 0.25) is 0 Å². The monoisotopic (exact) mass is 237 g/mol.